The van der Waals surface area contributed by atoms with Crippen molar-refractivity contribution in [1.82, 2.24) is 10.3 Å². The lowest BCUT2D eigenvalue weighted by Crippen LogP contribution is -2.33. The number of H-pyrrole nitrogens is 1. The Bertz CT molecular complexity index is 660. The first-order chi connectivity index (χ1) is 10.1. The Kier molecular flexibility index (Phi) is 4.50. The Balaban J connectivity index is 1.70. The van der Waals surface area contributed by atoms with Crippen molar-refractivity contribution in [3.63, 3.8) is 0 Å². The van der Waals surface area contributed by atoms with E-state index in [0.717, 1.165) is 34.5 Å². The molecule has 3 rings (SSSR count). The fourth-order valence-electron chi connectivity index (χ4n) is 2.57. The van der Waals surface area contributed by atoms with Gasteiger partial charge in [-0.25, -0.2) is 0 Å². The van der Waals surface area contributed by atoms with Crippen LogP contribution >= 0.6 is 23.5 Å². The molecule has 5 heteroatoms. The van der Waals surface area contributed by atoms with E-state index in [4.69, 9.17) is 0 Å². The molecule has 1 saturated heterocycles. The predicted octanol–water partition coefficient (Wildman–Crippen LogP) is 3.36. The van der Waals surface area contributed by atoms with Crippen LogP contribution in [0.5, 0.6) is 0 Å². The van der Waals surface area contributed by atoms with E-state index >= 15 is 0 Å². The number of benzene rings is 1. The minimum Gasteiger partial charge on any atom is -0.358 e. The summed E-state index contributed by atoms with van der Waals surface area (Å²) in [6, 6.07) is 5.89. The number of nitrogens with one attached hydrogen (secondary N) is 2. The Morgan fingerprint density at radius 3 is 3.00 bits per heavy atom. The molecule has 0 aliphatic carbocycles. The van der Waals surface area contributed by atoms with Crippen LogP contribution in [0.1, 0.15) is 21.6 Å². The van der Waals surface area contributed by atoms with Crippen LogP contribution in [0, 0.1) is 13.8 Å². The van der Waals surface area contributed by atoms with Crippen LogP contribution in [-0.2, 0) is 0 Å². The van der Waals surface area contributed by atoms with E-state index < -0.39 is 0 Å². The van der Waals surface area contributed by atoms with Crippen LogP contribution < -0.4 is 5.32 Å². The first kappa shape index (κ1) is 14.9. The van der Waals surface area contributed by atoms with Gasteiger partial charge in [0.05, 0.1) is 0 Å². The summed E-state index contributed by atoms with van der Waals surface area (Å²) in [6.07, 6.45) is 0. The third-order valence-electron chi connectivity index (χ3n) is 3.95. The number of carbonyl (C=O) groups is 1. The Morgan fingerprint density at radius 2 is 2.24 bits per heavy atom. The molecule has 0 saturated carbocycles. The zero-order valence-corrected chi connectivity index (χ0v) is 14.0. The minimum absolute atomic E-state index is 0.0336. The lowest BCUT2D eigenvalue weighted by atomic mass is 10.1. The fraction of sp³-hybridized carbons (Fsp3) is 0.438. The lowest BCUT2D eigenvalue weighted by Gasteiger charge is -2.21. The minimum atomic E-state index is 0.0336. The van der Waals surface area contributed by atoms with Crippen LogP contribution in [0.15, 0.2) is 18.2 Å². The van der Waals surface area contributed by atoms with Gasteiger partial charge in [-0.3, -0.25) is 4.79 Å². The summed E-state index contributed by atoms with van der Waals surface area (Å²) >= 11 is 3.95. The fourth-order valence-corrected chi connectivity index (χ4v) is 5.18. The van der Waals surface area contributed by atoms with Crippen molar-refractivity contribution in [3.05, 3.63) is 35.0 Å². The van der Waals surface area contributed by atoms with Gasteiger partial charge in [0, 0.05) is 51.2 Å². The second-order valence-electron chi connectivity index (χ2n) is 5.41. The van der Waals surface area contributed by atoms with Crippen LogP contribution in [0.3, 0.4) is 0 Å². The van der Waals surface area contributed by atoms with Crippen molar-refractivity contribution in [1.29, 1.82) is 0 Å². The number of aromatic amines is 1. The maximum atomic E-state index is 12.3. The second kappa shape index (κ2) is 6.36. The molecule has 1 fully saturated rings. The third-order valence-corrected chi connectivity index (χ3v) is 6.79. The van der Waals surface area contributed by atoms with Gasteiger partial charge in [0.25, 0.3) is 5.91 Å². The van der Waals surface area contributed by atoms with E-state index in [1.54, 1.807) is 0 Å². The molecule has 0 bridgehead atoms. The van der Waals surface area contributed by atoms with E-state index in [1.165, 1.54) is 17.1 Å². The summed E-state index contributed by atoms with van der Waals surface area (Å²) in [5, 5.41) is 4.77. The Hall–Kier alpha value is -1.07. The summed E-state index contributed by atoms with van der Waals surface area (Å²) in [5.74, 6) is 3.60. The molecule has 0 spiro atoms. The largest absolute Gasteiger partial charge is 0.358 e. The van der Waals surface area contributed by atoms with E-state index in [1.807, 2.05) is 41.7 Å². The van der Waals surface area contributed by atoms with Gasteiger partial charge in [0.1, 0.15) is 0 Å². The zero-order chi connectivity index (χ0) is 14.8. The van der Waals surface area contributed by atoms with Crippen molar-refractivity contribution in [2.24, 2.45) is 0 Å². The molecule has 0 radical (unpaired) electrons. The van der Waals surface area contributed by atoms with Gasteiger partial charge in [-0.05, 0) is 37.6 Å². The normalized spacial score (nSPS) is 18.9. The molecule has 1 aliphatic heterocycles. The molecule has 3 nitrogen and oxygen atoms in total. The molecule has 1 atom stereocenters. The maximum Gasteiger partial charge on any atom is 0.251 e. The zero-order valence-electron chi connectivity index (χ0n) is 12.4. The van der Waals surface area contributed by atoms with Crippen LogP contribution in [0.25, 0.3) is 10.9 Å². The van der Waals surface area contributed by atoms with Gasteiger partial charge in [-0.15, -0.1) is 0 Å². The molecule has 1 aliphatic rings. The average molecular weight is 320 g/mol. The number of fused-ring (bicyclic) bond motifs is 1. The van der Waals surface area contributed by atoms with Crippen molar-refractivity contribution in [2.75, 3.05) is 23.8 Å². The molecule has 1 aromatic carbocycles. The molecular formula is C16H20N2OS2. The number of hydrogen-bond acceptors (Lipinski definition) is 3. The molecular weight excluding hydrogens is 300 g/mol. The van der Waals surface area contributed by atoms with Crippen LogP contribution in [-0.4, -0.2) is 39.9 Å². The number of aromatic nitrogens is 1. The summed E-state index contributed by atoms with van der Waals surface area (Å²) in [4.78, 5) is 15.7. The summed E-state index contributed by atoms with van der Waals surface area (Å²) in [6.45, 7) is 4.92. The highest BCUT2D eigenvalue weighted by atomic mass is 32.2. The topological polar surface area (TPSA) is 44.9 Å². The summed E-state index contributed by atoms with van der Waals surface area (Å²) in [5.41, 5.74) is 4.23. The highest BCUT2D eigenvalue weighted by Gasteiger charge is 2.16. The van der Waals surface area contributed by atoms with Gasteiger partial charge >= 0.3 is 0 Å². The number of aryl methyl sites for hydroxylation is 2. The lowest BCUT2D eigenvalue weighted by molar-refractivity contribution is 0.0954. The second-order valence-corrected chi connectivity index (χ2v) is 7.97. The number of hydrogen-bond donors (Lipinski definition) is 2. The molecule has 21 heavy (non-hydrogen) atoms. The Morgan fingerprint density at radius 1 is 1.38 bits per heavy atom. The molecule has 1 amide bonds. The average Bonchev–Trinajstić information content (AvgIpc) is 2.80. The highest BCUT2D eigenvalue weighted by molar-refractivity contribution is 8.06. The number of thioether (sulfide) groups is 2. The first-order valence-electron chi connectivity index (χ1n) is 7.21. The van der Waals surface area contributed by atoms with Crippen molar-refractivity contribution in [2.45, 2.75) is 19.1 Å². The van der Waals surface area contributed by atoms with Crippen LogP contribution in [0.2, 0.25) is 0 Å². The number of carbonyl (C=O) groups excluding carboxylic acids is 1. The highest BCUT2D eigenvalue weighted by Crippen LogP contribution is 2.24. The van der Waals surface area contributed by atoms with Crippen molar-refractivity contribution in [3.8, 4) is 0 Å². The van der Waals surface area contributed by atoms with E-state index in [0.29, 0.717) is 5.25 Å². The van der Waals surface area contributed by atoms with Crippen LogP contribution in [0.4, 0.5) is 0 Å². The smallest absolute Gasteiger partial charge is 0.251 e. The quantitative estimate of drug-likeness (QED) is 0.911. The van der Waals surface area contributed by atoms with Gasteiger partial charge in [0.2, 0.25) is 0 Å². The van der Waals surface area contributed by atoms with E-state index in [9.17, 15) is 4.79 Å². The first-order valence-corrected chi connectivity index (χ1v) is 9.42. The maximum absolute atomic E-state index is 12.3. The Labute approximate surface area is 133 Å². The van der Waals surface area contributed by atoms with Crippen molar-refractivity contribution >= 4 is 40.3 Å². The number of rotatable bonds is 3. The van der Waals surface area contributed by atoms with Gasteiger partial charge in [0.15, 0.2) is 0 Å². The molecule has 2 N–H and O–H groups in total. The standard InChI is InChI=1S/C16H20N2OS2/c1-10-11(2)18-15-4-3-12(7-14(10)15)16(19)17-8-13-9-20-5-6-21-13/h3-4,7,13,18H,5-6,8-9H2,1-2H3,(H,17,19). The number of amides is 1. The molecule has 2 aromatic rings. The predicted molar refractivity (Wildman–Crippen MR) is 93.7 cm³/mol. The van der Waals surface area contributed by atoms with Gasteiger partial charge in [-0.1, -0.05) is 0 Å². The molecule has 2 heterocycles. The SMILES string of the molecule is Cc1[nH]c2ccc(C(=O)NCC3CSCCS3)cc2c1C. The van der Waals surface area contributed by atoms with Gasteiger partial charge in [-0.2, -0.15) is 23.5 Å². The van der Waals surface area contributed by atoms with E-state index in [2.05, 4.69) is 24.1 Å². The summed E-state index contributed by atoms with van der Waals surface area (Å²) < 4.78 is 0. The molecule has 112 valence electrons. The van der Waals surface area contributed by atoms with Gasteiger partial charge < -0.3 is 10.3 Å². The molecule has 1 unspecified atom stereocenters. The monoisotopic (exact) mass is 320 g/mol. The van der Waals surface area contributed by atoms with Crippen molar-refractivity contribution < 1.29 is 4.79 Å². The molecule has 1 aromatic heterocycles. The third kappa shape index (κ3) is 3.24. The summed E-state index contributed by atoms with van der Waals surface area (Å²) in [7, 11) is 0. The van der Waals surface area contributed by atoms with E-state index in [-0.39, 0.29) is 5.91 Å².